The lowest BCUT2D eigenvalue weighted by Crippen LogP contribution is -2.27. The van der Waals surface area contributed by atoms with E-state index in [1.54, 1.807) is 6.26 Å². The van der Waals surface area contributed by atoms with Gasteiger partial charge in [0.25, 0.3) is 0 Å². The Morgan fingerprint density at radius 2 is 1.19 bits per heavy atom. The maximum atomic E-state index is 12.4. The van der Waals surface area contributed by atoms with Gasteiger partial charge >= 0.3 is 13.8 Å². The monoisotopic (exact) mass is 619 g/mol. The molecule has 0 aliphatic carbocycles. The van der Waals surface area contributed by atoms with Crippen molar-refractivity contribution in [1.29, 1.82) is 0 Å². The van der Waals surface area contributed by atoms with Crippen molar-refractivity contribution < 1.29 is 32.8 Å². The van der Waals surface area contributed by atoms with Crippen molar-refractivity contribution >= 4 is 13.8 Å². The highest BCUT2D eigenvalue weighted by Crippen LogP contribution is 2.43. The van der Waals surface area contributed by atoms with Gasteiger partial charge in [0.15, 0.2) is 6.10 Å². The summed E-state index contributed by atoms with van der Waals surface area (Å²) in [5.41, 5.74) is 5.33. The Balaban J connectivity index is 4.16. The summed E-state index contributed by atoms with van der Waals surface area (Å²) >= 11 is 0. The van der Waals surface area contributed by atoms with Crippen LogP contribution in [0.25, 0.3) is 0 Å². The number of hydrogen-bond acceptors (Lipinski definition) is 7. The summed E-state index contributed by atoms with van der Waals surface area (Å²) in [4.78, 5) is 22.2. The molecule has 0 rings (SSSR count). The van der Waals surface area contributed by atoms with Gasteiger partial charge in [-0.3, -0.25) is 13.8 Å². The van der Waals surface area contributed by atoms with E-state index >= 15 is 0 Å². The summed E-state index contributed by atoms with van der Waals surface area (Å²) in [6.07, 6.45) is 30.3. The van der Waals surface area contributed by atoms with Crippen LogP contribution in [0.4, 0.5) is 0 Å². The van der Waals surface area contributed by atoms with E-state index in [2.05, 4.69) is 13.8 Å². The van der Waals surface area contributed by atoms with Gasteiger partial charge in [0.05, 0.1) is 19.5 Å². The molecule has 3 N–H and O–H groups in total. The van der Waals surface area contributed by atoms with Gasteiger partial charge in [-0.05, 0) is 25.3 Å². The van der Waals surface area contributed by atoms with Crippen LogP contribution in [-0.4, -0.2) is 43.3 Å². The van der Waals surface area contributed by atoms with Crippen LogP contribution in [0, 0.1) is 0 Å². The fourth-order valence-electron chi connectivity index (χ4n) is 4.73. The summed E-state index contributed by atoms with van der Waals surface area (Å²) in [6, 6.07) is 0. The molecule has 9 heteroatoms. The zero-order valence-electron chi connectivity index (χ0n) is 27.2. The molecule has 0 fully saturated rings. The molecule has 8 nitrogen and oxygen atoms in total. The summed E-state index contributed by atoms with van der Waals surface area (Å²) in [5, 5.41) is 0. The number of allylic oxidation sites excluding steroid dienone is 1. The first-order chi connectivity index (χ1) is 20.4. The van der Waals surface area contributed by atoms with E-state index in [4.69, 9.17) is 24.3 Å². The molecule has 0 aliphatic heterocycles. The van der Waals surface area contributed by atoms with Gasteiger partial charge in [-0.15, -0.1) is 0 Å². The lowest BCUT2D eigenvalue weighted by molar-refractivity contribution is -0.153. The van der Waals surface area contributed by atoms with Crippen molar-refractivity contribution in [3.63, 3.8) is 0 Å². The van der Waals surface area contributed by atoms with Crippen molar-refractivity contribution in [2.45, 2.75) is 168 Å². The second-order valence-corrected chi connectivity index (χ2v) is 12.9. The first-order valence-electron chi connectivity index (χ1n) is 17.2. The predicted molar refractivity (Wildman–Crippen MR) is 173 cm³/mol. The Morgan fingerprint density at radius 1 is 0.714 bits per heavy atom. The molecule has 0 bridgehead atoms. The first kappa shape index (κ1) is 41.1. The average molecular weight is 620 g/mol. The SMILES string of the molecule is CCCCCCCCCCCCCC/C=C\OC[C@H](COP(=O)(O)OCCN)OC(=O)CCCCCCCCCCC. The lowest BCUT2D eigenvalue weighted by atomic mass is 10.0. The van der Waals surface area contributed by atoms with E-state index in [0.29, 0.717) is 6.42 Å². The lowest BCUT2D eigenvalue weighted by Gasteiger charge is -2.19. The van der Waals surface area contributed by atoms with Gasteiger partial charge in [0, 0.05) is 13.0 Å². The third-order valence-electron chi connectivity index (χ3n) is 7.28. The Kier molecular flexibility index (Phi) is 30.8. The van der Waals surface area contributed by atoms with Crippen LogP contribution in [0.1, 0.15) is 162 Å². The summed E-state index contributed by atoms with van der Waals surface area (Å²) in [7, 11) is -4.27. The molecule has 42 heavy (non-hydrogen) atoms. The fraction of sp³-hybridized carbons (Fsp3) is 0.909. The topological polar surface area (TPSA) is 117 Å². The van der Waals surface area contributed by atoms with Gasteiger partial charge in [-0.25, -0.2) is 4.57 Å². The number of unbranched alkanes of at least 4 members (excludes halogenated alkanes) is 20. The number of carbonyl (C=O) groups is 1. The molecule has 0 radical (unpaired) electrons. The summed E-state index contributed by atoms with van der Waals surface area (Å²) in [5.74, 6) is -0.355. The number of ether oxygens (including phenoxy) is 2. The van der Waals surface area contributed by atoms with Gasteiger partial charge in [-0.2, -0.15) is 0 Å². The number of carbonyl (C=O) groups excluding carboxylic acids is 1. The summed E-state index contributed by atoms with van der Waals surface area (Å²) in [6.45, 7) is 4.21. The van der Waals surface area contributed by atoms with Gasteiger partial charge < -0.3 is 20.1 Å². The third kappa shape index (κ3) is 30.5. The fourth-order valence-corrected chi connectivity index (χ4v) is 5.49. The minimum absolute atomic E-state index is 0.0370. The average Bonchev–Trinajstić information content (AvgIpc) is 2.97. The minimum Gasteiger partial charge on any atom is -0.498 e. The van der Waals surface area contributed by atoms with E-state index in [0.717, 1.165) is 32.1 Å². The molecule has 0 aromatic carbocycles. The van der Waals surface area contributed by atoms with Crippen molar-refractivity contribution in [1.82, 2.24) is 0 Å². The maximum Gasteiger partial charge on any atom is 0.472 e. The molecule has 0 aromatic rings. The predicted octanol–water partition coefficient (Wildman–Crippen LogP) is 9.53. The number of rotatable bonds is 33. The quantitative estimate of drug-likeness (QED) is 0.0323. The van der Waals surface area contributed by atoms with E-state index < -0.39 is 13.9 Å². The molecular weight excluding hydrogens is 553 g/mol. The van der Waals surface area contributed by atoms with E-state index in [1.165, 1.54) is 109 Å². The minimum atomic E-state index is -4.27. The molecule has 0 aromatic heterocycles. The van der Waals surface area contributed by atoms with E-state index in [-0.39, 0.29) is 32.3 Å². The normalized spacial score (nSPS) is 13.8. The highest BCUT2D eigenvalue weighted by molar-refractivity contribution is 7.47. The van der Waals surface area contributed by atoms with Crippen LogP contribution >= 0.6 is 7.82 Å². The van der Waals surface area contributed by atoms with Gasteiger partial charge in [0.1, 0.15) is 6.61 Å². The van der Waals surface area contributed by atoms with Gasteiger partial charge in [0.2, 0.25) is 0 Å². The molecular formula is C33H66NO7P. The van der Waals surface area contributed by atoms with Crippen LogP contribution in [0.15, 0.2) is 12.3 Å². The molecule has 0 saturated carbocycles. The largest absolute Gasteiger partial charge is 0.498 e. The van der Waals surface area contributed by atoms with Crippen molar-refractivity contribution in [3.8, 4) is 0 Å². The Morgan fingerprint density at radius 3 is 1.69 bits per heavy atom. The number of phosphoric acid groups is 1. The van der Waals surface area contributed by atoms with Crippen LogP contribution in [0.3, 0.4) is 0 Å². The second kappa shape index (κ2) is 31.5. The van der Waals surface area contributed by atoms with Crippen LogP contribution in [0.2, 0.25) is 0 Å². The number of esters is 1. The molecule has 0 aliphatic rings. The van der Waals surface area contributed by atoms with Crippen molar-refractivity contribution in [2.75, 3.05) is 26.4 Å². The molecule has 2 atom stereocenters. The highest BCUT2D eigenvalue weighted by Gasteiger charge is 2.25. The number of phosphoric ester groups is 1. The standard InChI is InChI=1S/C33H66NO7P/c1-3-5-7-9-11-13-14-15-16-17-19-21-23-25-28-38-30-32(31-40-42(36,37)39-29-27-34)41-33(35)26-24-22-20-18-12-10-8-6-4-2/h25,28,32H,3-24,26-27,29-31,34H2,1-2H3,(H,36,37)/b28-25-/t32-/m1/s1. The Labute approximate surface area is 258 Å². The van der Waals surface area contributed by atoms with E-state index in [9.17, 15) is 14.3 Å². The summed E-state index contributed by atoms with van der Waals surface area (Å²) < 4.78 is 32.9. The molecule has 0 amide bonds. The smallest absolute Gasteiger partial charge is 0.472 e. The number of nitrogens with two attached hydrogens (primary N) is 1. The van der Waals surface area contributed by atoms with Crippen LogP contribution in [-0.2, 0) is 27.9 Å². The second-order valence-electron chi connectivity index (χ2n) is 11.5. The first-order valence-corrected chi connectivity index (χ1v) is 18.7. The van der Waals surface area contributed by atoms with Crippen molar-refractivity contribution in [3.05, 3.63) is 12.3 Å². The molecule has 0 saturated heterocycles. The molecule has 0 heterocycles. The van der Waals surface area contributed by atoms with E-state index in [1.807, 2.05) is 6.08 Å². The zero-order chi connectivity index (χ0) is 31.0. The molecule has 1 unspecified atom stereocenters. The third-order valence-corrected chi connectivity index (χ3v) is 8.26. The highest BCUT2D eigenvalue weighted by atomic mass is 31.2. The molecule has 0 spiro atoms. The Hall–Kier alpha value is -0.920. The molecule has 250 valence electrons. The number of hydrogen-bond donors (Lipinski definition) is 2. The van der Waals surface area contributed by atoms with Crippen molar-refractivity contribution in [2.24, 2.45) is 5.73 Å². The van der Waals surface area contributed by atoms with Crippen LogP contribution < -0.4 is 5.73 Å². The zero-order valence-corrected chi connectivity index (χ0v) is 28.1. The van der Waals surface area contributed by atoms with Crippen LogP contribution in [0.5, 0.6) is 0 Å². The Bertz CT molecular complexity index is 662. The maximum absolute atomic E-state index is 12.4. The van der Waals surface area contributed by atoms with Gasteiger partial charge in [-0.1, -0.05) is 136 Å².